The zero-order valence-corrected chi connectivity index (χ0v) is 14.4. The molecule has 3 nitrogen and oxygen atoms in total. The van der Waals surface area contributed by atoms with Gasteiger partial charge in [-0.2, -0.15) is 0 Å². The van der Waals surface area contributed by atoms with E-state index in [-0.39, 0.29) is 9.92 Å². The van der Waals surface area contributed by atoms with Gasteiger partial charge in [-0.3, -0.25) is 0 Å². The van der Waals surface area contributed by atoms with Gasteiger partial charge >= 0.3 is 0 Å². The second-order valence-electron chi connectivity index (χ2n) is 4.37. The van der Waals surface area contributed by atoms with E-state index in [1.165, 1.54) is 6.07 Å². The van der Waals surface area contributed by atoms with Gasteiger partial charge in [0.15, 0.2) is 0 Å². The Hall–Kier alpha value is 0.190. The molecule has 108 valence electrons. The number of sulfonamides is 1. The first kappa shape index (κ1) is 17.2. The van der Waals surface area contributed by atoms with Crippen molar-refractivity contribution in [2.45, 2.75) is 24.7 Å². The van der Waals surface area contributed by atoms with E-state index in [2.05, 4.69) is 20.7 Å². The SMILES string of the molecule is CC(CCl)CCCNS(=O)(=O)c1ccc(Br)cc1Cl. The van der Waals surface area contributed by atoms with Crippen molar-refractivity contribution in [1.82, 2.24) is 4.72 Å². The summed E-state index contributed by atoms with van der Waals surface area (Å²) in [6.45, 7) is 2.42. The molecule has 0 aliphatic rings. The fourth-order valence-electron chi connectivity index (χ4n) is 1.51. The van der Waals surface area contributed by atoms with E-state index in [0.717, 1.165) is 17.3 Å². The molecule has 1 aromatic carbocycles. The number of rotatable bonds is 7. The third kappa shape index (κ3) is 5.60. The average molecular weight is 389 g/mol. The van der Waals surface area contributed by atoms with Crippen molar-refractivity contribution in [1.29, 1.82) is 0 Å². The molecule has 0 aliphatic carbocycles. The number of hydrogen-bond acceptors (Lipinski definition) is 2. The number of nitrogens with one attached hydrogen (secondary N) is 1. The summed E-state index contributed by atoms with van der Waals surface area (Å²) in [4.78, 5) is 0.0998. The van der Waals surface area contributed by atoms with Gasteiger partial charge in [0, 0.05) is 16.9 Å². The predicted molar refractivity (Wildman–Crippen MR) is 83.5 cm³/mol. The molecule has 0 aliphatic heterocycles. The fraction of sp³-hybridized carbons (Fsp3) is 0.500. The van der Waals surface area contributed by atoms with Crippen molar-refractivity contribution in [3.63, 3.8) is 0 Å². The van der Waals surface area contributed by atoms with Crippen LogP contribution >= 0.6 is 39.1 Å². The van der Waals surface area contributed by atoms with Crippen LogP contribution in [0.4, 0.5) is 0 Å². The third-order valence-electron chi connectivity index (χ3n) is 2.61. The van der Waals surface area contributed by atoms with Crippen molar-refractivity contribution >= 4 is 49.2 Å². The quantitative estimate of drug-likeness (QED) is 0.566. The van der Waals surface area contributed by atoms with Crippen molar-refractivity contribution in [2.24, 2.45) is 5.92 Å². The Morgan fingerprint density at radius 2 is 2.11 bits per heavy atom. The molecule has 0 bridgehead atoms. The van der Waals surface area contributed by atoms with Crippen LogP contribution in [-0.4, -0.2) is 20.8 Å². The van der Waals surface area contributed by atoms with Crippen LogP contribution in [-0.2, 0) is 10.0 Å². The molecule has 0 spiro atoms. The Balaban J connectivity index is 2.61. The minimum absolute atomic E-state index is 0.0998. The molecule has 0 amide bonds. The summed E-state index contributed by atoms with van der Waals surface area (Å²) in [5, 5.41) is 0.205. The van der Waals surface area contributed by atoms with Gasteiger partial charge in [-0.05, 0) is 37.0 Å². The first-order valence-electron chi connectivity index (χ1n) is 5.87. The van der Waals surface area contributed by atoms with Gasteiger partial charge in [0.05, 0.1) is 5.02 Å². The predicted octanol–water partition coefficient (Wildman–Crippen LogP) is 4.04. The molecule has 0 saturated carbocycles. The maximum absolute atomic E-state index is 12.0. The van der Waals surface area contributed by atoms with Gasteiger partial charge in [0.25, 0.3) is 0 Å². The summed E-state index contributed by atoms with van der Waals surface area (Å²) < 4.78 is 27.4. The van der Waals surface area contributed by atoms with Crippen molar-refractivity contribution in [3.8, 4) is 0 Å². The molecule has 0 saturated heterocycles. The van der Waals surface area contributed by atoms with Crippen LogP contribution in [0.25, 0.3) is 0 Å². The first-order valence-corrected chi connectivity index (χ1v) is 9.06. The maximum Gasteiger partial charge on any atom is 0.242 e. The molecule has 1 aromatic rings. The molecule has 0 radical (unpaired) electrons. The normalized spacial score (nSPS) is 13.5. The van der Waals surface area contributed by atoms with Crippen LogP contribution in [0.5, 0.6) is 0 Å². The van der Waals surface area contributed by atoms with E-state index in [1.807, 2.05) is 6.92 Å². The van der Waals surface area contributed by atoms with Gasteiger partial charge in [0.2, 0.25) is 10.0 Å². The topological polar surface area (TPSA) is 46.2 Å². The summed E-state index contributed by atoms with van der Waals surface area (Å²) >= 11 is 14.9. The number of halogens is 3. The molecular formula is C12H16BrCl2NO2S. The zero-order valence-electron chi connectivity index (χ0n) is 10.5. The summed E-state index contributed by atoms with van der Waals surface area (Å²) in [6, 6.07) is 4.69. The summed E-state index contributed by atoms with van der Waals surface area (Å²) in [5.41, 5.74) is 0. The average Bonchev–Trinajstić information content (AvgIpc) is 2.33. The fourth-order valence-corrected chi connectivity index (χ4v) is 3.77. The van der Waals surface area contributed by atoms with E-state index in [0.29, 0.717) is 18.3 Å². The second kappa shape index (κ2) is 7.84. The monoisotopic (exact) mass is 387 g/mol. The Morgan fingerprint density at radius 3 is 2.68 bits per heavy atom. The van der Waals surface area contributed by atoms with E-state index in [1.54, 1.807) is 12.1 Å². The van der Waals surface area contributed by atoms with Crippen molar-refractivity contribution in [2.75, 3.05) is 12.4 Å². The van der Waals surface area contributed by atoms with Gasteiger partial charge in [-0.15, -0.1) is 11.6 Å². The highest BCUT2D eigenvalue weighted by Gasteiger charge is 2.17. The highest BCUT2D eigenvalue weighted by molar-refractivity contribution is 9.10. The Kier molecular flexibility index (Phi) is 7.11. The summed E-state index contributed by atoms with van der Waals surface area (Å²) in [6.07, 6.45) is 1.64. The van der Waals surface area contributed by atoms with Gasteiger partial charge in [0.1, 0.15) is 4.90 Å². The molecular weight excluding hydrogens is 373 g/mol. The minimum Gasteiger partial charge on any atom is -0.211 e. The lowest BCUT2D eigenvalue weighted by atomic mass is 10.1. The zero-order chi connectivity index (χ0) is 14.5. The van der Waals surface area contributed by atoms with Gasteiger partial charge in [-0.1, -0.05) is 34.5 Å². The van der Waals surface area contributed by atoms with E-state index in [4.69, 9.17) is 23.2 Å². The Labute approximate surface area is 132 Å². The largest absolute Gasteiger partial charge is 0.242 e. The molecule has 1 rings (SSSR count). The van der Waals surface area contributed by atoms with Gasteiger partial charge in [-0.25, -0.2) is 13.1 Å². The lowest BCUT2D eigenvalue weighted by Crippen LogP contribution is -2.25. The van der Waals surface area contributed by atoms with E-state index < -0.39 is 10.0 Å². The highest BCUT2D eigenvalue weighted by Crippen LogP contribution is 2.25. The number of alkyl halides is 1. The van der Waals surface area contributed by atoms with Crippen molar-refractivity contribution in [3.05, 3.63) is 27.7 Å². The lowest BCUT2D eigenvalue weighted by Gasteiger charge is -2.10. The lowest BCUT2D eigenvalue weighted by molar-refractivity contribution is 0.543. The Morgan fingerprint density at radius 1 is 1.42 bits per heavy atom. The second-order valence-corrected chi connectivity index (χ2v) is 7.74. The smallest absolute Gasteiger partial charge is 0.211 e. The van der Waals surface area contributed by atoms with Crippen LogP contribution in [0.15, 0.2) is 27.6 Å². The first-order chi connectivity index (χ1) is 8.86. The number of hydrogen-bond donors (Lipinski definition) is 1. The van der Waals surface area contributed by atoms with Crippen LogP contribution in [0.2, 0.25) is 5.02 Å². The molecule has 1 N–H and O–H groups in total. The van der Waals surface area contributed by atoms with Crippen LogP contribution in [0.1, 0.15) is 19.8 Å². The highest BCUT2D eigenvalue weighted by atomic mass is 79.9. The van der Waals surface area contributed by atoms with Crippen LogP contribution < -0.4 is 4.72 Å². The summed E-state index contributed by atoms with van der Waals surface area (Å²) in [5.74, 6) is 0.980. The van der Waals surface area contributed by atoms with Gasteiger partial charge < -0.3 is 0 Å². The number of benzene rings is 1. The summed E-state index contributed by atoms with van der Waals surface area (Å²) in [7, 11) is -3.55. The molecule has 1 atom stereocenters. The standard InChI is InChI=1S/C12H16BrCl2NO2S/c1-9(8-14)3-2-6-16-19(17,18)12-5-4-10(13)7-11(12)15/h4-5,7,9,16H,2-3,6,8H2,1H3. The Bertz CT molecular complexity index is 522. The third-order valence-corrected chi connectivity index (χ3v) is 5.58. The molecule has 0 heterocycles. The minimum atomic E-state index is -3.55. The molecule has 7 heteroatoms. The molecule has 0 aromatic heterocycles. The van der Waals surface area contributed by atoms with Crippen LogP contribution in [0, 0.1) is 5.92 Å². The van der Waals surface area contributed by atoms with E-state index >= 15 is 0 Å². The van der Waals surface area contributed by atoms with Crippen molar-refractivity contribution < 1.29 is 8.42 Å². The molecule has 0 fully saturated rings. The molecule has 19 heavy (non-hydrogen) atoms. The maximum atomic E-state index is 12.0. The van der Waals surface area contributed by atoms with E-state index in [9.17, 15) is 8.42 Å². The molecule has 1 unspecified atom stereocenters. The van der Waals surface area contributed by atoms with Crippen LogP contribution in [0.3, 0.4) is 0 Å².